The van der Waals surface area contributed by atoms with Gasteiger partial charge in [-0.15, -0.1) is 0 Å². The van der Waals surface area contributed by atoms with Gasteiger partial charge in [-0.3, -0.25) is 9.78 Å². The minimum absolute atomic E-state index is 0.0196. The Bertz CT molecular complexity index is 1240. The normalized spacial score (nSPS) is 16.2. The number of halogens is 1. The van der Waals surface area contributed by atoms with E-state index in [1.54, 1.807) is 12.4 Å². The third-order valence-electron chi connectivity index (χ3n) is 5.46. The number of nitrogens with zero attached hydrogens (tertiary/aromatic N) is 4. The Morgan fingerprint density at radius 1 is 1.00 bits per heavy atom. The van der Waals surface area contributed by atoms with Crippen LogP contribution in [0.1, 0.15) is 34.9 Å². The lowest BCUT2D eigenvalue weighted by Crippen LogP contribution is -2.31. The maximum absolute atomic E-state index is 13.3. The molecule has 1 amide bonds. The highest BCUT2D eigenvalue weighted by Crippen LogP contribution is 2.33. The van der Waals surface area contributed by atoms with Gasteiger partial charge >= 0.3 is 0 Å². The van der Waals surface area contributed by atoms with Gasteiger partial charge in [-0.25, -0.2) is 9.97 Å². The summed E-state index contributed by atoms with van der Waals surface area (Å²) in [6.45, 7) is 0.713. The van der Waals surface area contributed by atoms with Crippen LogP contribution in [-0.2, 0) is 0 Å². The highest BCUT2D eigenvalue weighted by Gasteiger charge is 2.32. The van der Waals surface area contributed by atoms with Gasteiger partial charge in [-0.05, 0) is 55.3 Å². The van der Waals surface area contributed by atoms with Crippen molar-refractivity contribution in [2.75, 3.05) is 6.54 Å². The van der Waals surface area contributed by atoms with Crippen LogP contribution in [0.4, 0.5) is 0 Å². The molecule has 0 saturated carbocycles. The van der Waals surface area contributed by atoms with Crippen molar-refractivity contribution in [2.45, 2.75) is 18.9 Å². The highest BCUT2D eigenvalue weighted by molar-refractivity contribution is 6.30. The number of carbonyl (C=O) groups excluding carboxylic acids is 1. The summed E-state index contributed by atoms with van der Waals surface area (Å²) in [5.74, 6) is 0.636. The Labute approximate surface area is 179 Å². The lowest BCUT2D eigenvalue weighted by molar-refractivity contribution is 0.0733. The maximum atomic E-state index is 13.3. The minimum atomic E-state index is -0.0666. The van der Waals surface area contributed by atoms with E-state index in [-0.39, 0.29) is 11.9 Å². The summed E-state index contributed by atoms with van der Waals surface area (Å²) in [6.07, 6.45) is 5.34. The van der Waals surface area contributed by atoms with Gasteiger partial charge in [-0.2, -0.15) is 0 Å². The van der Waals surface area contributed by atoms with Crippen molar-refractivity contribution in [3.8, 4) is 11.4 Å². The average Bonchev–Trinajstić information content (AvgIpc) is 3.28. The second kappa shape index (κ2) is 7.84. The van der Waals surface area contributed by atoms with E-state index in [4.69, 9.17) is 16.6 Å². The first-order chi connectivity index (χ1) is 14.7. The number of pyridine rings is 1. The summed E-state index contributed by atoms with van der Waals surface area (Å²) in [5.41, 5.74) is 3.27. The lowest BCUT2D eigenvalue weighted by Gasteiger charge is -2.24. The molecule has 0 unspecified atom stereocenters. The second-order valence-corrected chi connectivity index (χ2v) is 7.82. The van der Waals surface area contributed by atoms with Crippen molar-refractivity contribution in [2.24, 2.45) is 0 Å². The number of hydrogen-bond donors (Lipinski definition) is 0. The van der Waals surface area contributed by atoms with Crippen LogP contribution in [0.2, 0.25) is 5.02 Å². The first-order valence-corrected chi connectivity index (χ1v) is 10.3. The fraction of sp³-hybridized carbons (Fsp3) is 0.167. The van der Waals surface area contributed by atoms with E-state index >= 15 is 0 Å². The van der Waals surface area contributed by atoms with E-state index in [0.29, 0.717) is 23.0 Å². The van der Waals surface area contributed by atoms with Crippen LogP contribution < -0.4 is 0 Å². The molecule has 0 spiro atoms. The van der Waals surface area contributed by atoms with E-state index in [9.17, 15) is 4.79 Å². The molecule has 2 aromatic heterocycles. The molecule has 1 fully saturated rings. The van der Waals surface area contributed by atoms with Crippen LogP contribution in [0.25, 0.3) is 22.3 Å². The maximum Gasteiger partial charge on any atom is 0.254 e. The second-order valence-electron chi connectivity index (χ2n) is 7.38. The molecule has 1 aliphatic heterocycles. The summed E-state index contributed by atoms with van der Waals surface area (Å²) < 4.78 is 0. The van der Waals surface area contributed by atoms with Crippen LogP contribution in [0, 0.1) is 0 Å². The number of carbonyl (C=O) groups is 1. The van der Waals surface area contributed by atoms with Crippen LogP contribution in [0.5, 0.6) is 0 Å². The topological polar surface area (TPSA) is 59.0 Å². The Balaban J connectivity index is 1.46. The van der Waals surface area contributed by atoms with E-state index in [0.717, 1.165) is 35.0 Å². The molecule has 5 rings (SSSR count). The molecule has 148 valence electrons. The number of rotatable bonds is 3. The molecular formula is C24H19ClN4O. The third kappa shape index (κ3) is 3.53. The number of fused-ring (bicyclic) bond motifs is 1. The van der Waals surface area contributed by atoms with Crippen LogP contribution >= 0.6 is 11.6 Å². The minimum Gasteiger partial charge on any atom is -0.330 e. The zero-order chi connectivity index (χ0) is 20.5. The van der Waals surface area contributed by atoms with E-state index in [1.807, 2.05) is 65.6 Å². The van der Waals surface area contributed by atoms with Gasteiger partial charge in [0.2, 0.25) is 0 Å². The van der Waals surface area contributed by atoms with Crippen molar-refractivity contribution in [3.05, 3.63) is 89.3 Å². The number of aromatic nitrogens is 3. The van der Waals surface area contributed by atoms with Gasteiger partial charge in [0.25, 0.3) is 5.91 Å². The van der Waals surface area contributed by atoms with Gasteiger partial charge < -0.3 is 4.90 Å². The van der Waals surface area contributed by atoms with Gasteiger partial charge in [0.15, 0.2) is 5.82 Å². The van der Waals surface area contributed by atoms with Gasteiger partial charge in [0, 0.05) is 40.5 Å². The fourth-order valence-corrected chi connectivity index (χ4v) is 4.21. The molecule has 30 heavy (non-hydrogen) atoms. The molecule has 1 atom stereocenters. The number of hydrogen-bond acceptors (Lipinski definition) is 4. The van der Waals surface area contributed by atoms with Crippen molar-refractivity contribution in [1.82, 2.24) is 19.9 Å². The Hall–Kier alpha value is -3.31. The Kier molecular flexibility index (Phi) is 4.89. The quantitative estimate of drug-likeness (QED) is 0.455. The van der Waals surface area contributed by atoms with Crippen molar-refractivity contribution in [1.29, 1.82) is 0 Å². The van der Waals surface area contributed by atoms with Gasteiger partial charge in [0.05, 0.1) is 17.3 Å². The standard InChI is InChI=1S/C24H19ClN4O/c25-19-6-1-4-17(15-19)23-27-12-10-21(28-23)22-7-3-13-29(22)24(30)18-8-9-20-16(14-18)5-2-11-26-20/h1-2,4-6,8-12,14-15,22H,3,7,13H2/t22-/m1/s1. The van der Waals surface area contributed by atoms with Crippen molar-refractivity contribution >= 4 is 28.4 Å². The first kappa shape index (κ1) is 18.7. The van der Waals surface area contributed by atoms with E-state index in [1.165, 1.54) is 0 Å². The number of benzene rings is 2. The first-order valence-electron chi connectivity index (χ1n) is 9.94. The Morgan fingerprint density at radius 3 is 2.83 bits per heavy atom. The molecule has 4 aromatic rings. The van der Waals surface area contributed by atoms with Gasteiger partial charge in [0.1, 0.15) is 0 Å². The SMILES string of the molecule is O=C(c1ccc2ncccc2c1)N1CCC[C@@H]1c1ccnc(-c2cccc(Cl)c2)n1. The predicted molar refractivity (Wildman–Crippen MR) is 117 cm³/mol. The fourth-order valence-electron chi connectivity index (χ4n) is 4.02. The summed E-state index contributed by atoms with van der Waals surface area (Å²) in [7, 11) is 0. The zero-order valence-corrected chi connectivity index (χ0v) is 17.0. The predicted octanol–water partition coefficient (Wildman–Crippen LogP) is 5.32. The van der Waals surface area contributed by atoms with E-state index in [2.05, 4.69) is 9.97 Å². The van der Waals surface area contributed by atoms with Crippen LogP contribution in [0.3, 0.4) is 0 Å². The average molecular weight is 415 g/mol. The summed E-state index contributed by atoms with van der Waals surface area (Å²) in [6, 6.07) is 18.8. The lowest BCUT2D eigenvalue weighted by atomic mass is 10.1. The number of likely N-dealkylation sites (tertiary alicyclic amines) is 1. The molecule has 0 N–H and O–H groups in total. The van der Waals surface area contributed by atoms with Crippen molar-refractivity contribution < 1.29 is 4.79 Å². The monoisotopic (exact) mass is 414 g/mol. The molecule has 0 radical (unpaired) electrons. The summed E-state index contributed by atoms with van der Waals surface area (Å²) >= 11 is 6.12. The smallest absolute Gasteiger partial charge is 0.254 e. The molecular weight excluding hydrogens is 396 g/mol. The molecule has 1 saturated heterocycles. The van der Waals surface area contributed by atoms with Gasteiger partial charge in [-0.1, -0.05) is 29.8 Å². The Morgan fingerprint density at radius 2 is 1.93 bits per heavy atom. The largest absolute Gasteiger partial charge is 0.330 e. The van der Waals surface area contributed by atoms with Crippen LogP contribution in [0.15, 0.2) is 73.1 Å². The molecule has 6 heteroatoms. The van der Waals surface area contributed by atoms with E-state index < -0.39 is 0 Å². The molecule has 3 heterocycles. The molecule has 0 bridgehead atoms. The number of amides is 1. The summed E-state index contributed by atoms with van der Waals surface area (Å²) in [5, 5.41) is 1.61. The molecule has 2 aromatic carbocycles. The third-order valence-corrected chi connectivity index (χ3v) is 5.70. The summed E-state index contributed by atoms with van der Waals surface area (Å²) in [4.78, 5) is 28.7. The highest BCUT2D eigenvalue weighted by atomic mass is 35.5. The molecule has 5 nitrogen and oxygen atoms in total. The molecule has 0 aliphatic carbocycles. The van der Waals surface area contributed by atoms with Crippen LogP contribution in [-0.4, -0.2) is 32.3 Å². The zero-order valence-electron chi connectivity index (χ0n) is 16.2. The van der Waals surface area contributed by atoms with Crippen molar-refractivity contribution in [3.63, 3.8) is 0 Å². The molecule has 1 aliphatic rings.